The van der Waals surface area contributed by atoms with Crippen LogP contribution in [0.5, 0.6) is 0 Å². The number of anilines is 2. The molecule has 20 heavy (non-hydrogen) atoms. The number of thiazole rings is 1. The van der Waals surface area contributed by atoms with Crippen molar-refractivity contribution < 1.29 is 9.90 Å². The number of aliphatic hydroxyl groups is 1. The molecular formula is C12H21N5O2S. The summed E-state index contributed by atoms with van der Waals surface area (Å²) in [7, 11) is 0. The first kappa shape index (κ1) is 15.0. The SMILES string of the molecule is CCNc1nc(N)c(C(=O)N2CCN(CCO)CC2)s1. The highest BCUT2D eigenvalue weighted by Gasteiger charge is 2.25. The summed E-state index contributed by atoms with van der Waals surface area (Å²) in [5.41, 5.74) is 5.82. The van der Waals surface area contributed by atoms with Crippen LogP contribution < -0.4 is 11.1 Å². The van der Waals surface area contributed by atoms with E-state index in [1.807, 2.05) is 6.92 Å². The molecule has 4 N–H and O–H groups in total. The maximum absolute atomic E-state index is 12.4. The van der Waals surface area contributed by atoms with Crippen LogP contribution in [-0.4, -0.2) is 71.7 Å². The standard InChI is InChI=1S/C12H21N5O2S/c1-2-14-12-15-10(13)9(20-12)11(19)17-5-3-16(4-6-17)7-8-18/h18H,2-8,13H2,1H3,(H,14,15). The smallest absolute Gasteiger partial charge is 0.267 e. The third-order valence-corrected chi connectivity index (χ3v) is 4.27. The molecule has 1 fully saturated rings. The molecule has 2 rings (SSSR count). The van der Waals surface area contributed by atoms with Crippen LogP contribution in [0.3, 0.4) is 0 Å². The number of piperazine rings is 1. The summed E-state index contributed by atoms with van der Waals surface area (Å²) in [4.78, 5) is 21.0. The summed E-state index contributed by atoms with van der Waals surface area (Å²) in [5, 5.41) is 12.7. The van der Waals surface area contributed by atoms with Gasteiger partial charge in [0.2, 0.25) is 0 Å². The van der Waals surface area contributed by atoms with Crippen molar-refractivity contribution in [3.63, 3.8) is 0 Å². The Morgan fingerprint density at radius 1 is 1.45 bits per heavy atom. The fourth-order valence-electron chi connectivity index (χ4n) is 2.17. The highest BCUT2D eigenvalue weighted by molar-refractivity contribution is 7.18. The number of nitrogen functional groups attached to an aromatic ring is 1. The summed E-state index contributed by atoms with van der Waals surface area (Å²) in [6.07, 6.45) is 0. The normalized spacial score (nSPS) is 16.4. The molecule has 7 nitrogen and oxygen atoms in total. The van der Waals surface area contributed by atoms with E-state index < -0.39 is 0 Å². The van der Waals surface area contributed by atoms with Crippen LogP contribution in [0.25, 0.3) is 0 Å². The van der Waals surface area contributed by atoms with Gasteiger partial charge in [0.15, 0.2) is 5.13 Å². The summed E-state index contributed by atoms with van der Waals surface area (Å²) in [5.74, 6) is 0.251. The van der Waals surface area contributed by atoms with Gasteiger partial charge >= 0.3 is 0 Å². The Morgan fingerprint density at radius 2 is 2.15 bits per heavy atom. The molecule has 0 aromatic carbocycles. The van der Waals surface area contributed by atoms with E-state index in [1.54, 1.807) is 4.90 Å². The van der Waals surface area contributed by atoms with Gasteiger partial charge in [-0.2, -0.15) is 0 Å². The topological polar surface area (TPSA) is 94.7 Å². The number of aromatic nitrogens is 1. The molecule has 2 heterocycles. The first-order valence-corrected chi connectivity index (χ1v) is 7.60. The van der Waals surface area contributed by atoms with Crippen molar-refractivity contribution in [2.75, 3.05) is 56.9 Å². The fourth-order valence-corrected chi connectivity index (χ4v) is 3.09. The Bertz CT molecular complexity index is 457. The number of nitrogens with zero attached hydrogens (tertiary/aromatic N) is 3. The maximum Gasteiger partial charge on any atom is 0.267 e. The lowest BCUT2D eigenvalue weighted by Gasteiger charge is -2.34. The first-order valence-electron chi connectivity index (χ1n) is 6.78. The Kier molecular flexibility index (Phi) is 5.16. The summed E-state index contributed by atoms with van der Waals surface area (Å²) >= 11 is 1.30. The molecule has 1 amide bonds. The summed E-state index contributed by atoms with van der Waals surface area (Å²) < 4.78 is 0. The molecule has 1 saturated heterocycles. The number of nitrogens with two attached hydrogens (primary N) is 1. The van der Waals surface area contributed by atoms with Gasteiger partial charge in [-0.15, -0.1) is 0 Å². The minimum Gasteiger partial charge on any atom is -0.395 e. The van der Waals surface area contributed by atoms with Crippen molar-refractivity contribution in [3.05, 3.63) is 4.88 Å². The quantitative estimate of drug-likeness (QED) is 0.703. The van der Waals surface area contributed by atoms with Gasteiger partial charge in [-0.3, -0.25) is 9.69 Å². The van der Waals surface area contributed by atoms with Crippen molar-refractivity contribution in [3.8, 4) is 0 Å². The lowest BCUT2D eigenvalue weighted by Crippen LogP contribution is -2.49. The minimum absolute atomic E-state index is 0.0483. The van der Waals surface area contributed by atoms with Gasteiger partial charge in [0.05, 0.1) is 6.61 Å². The van der Waals surface area contributed by atoms with E-state index in [2.05, 4.69) is 15.2 Å². The second-order valence-electron chi connectivity index (χ2n) is 4.62. The van der Waals surface area contributed by atoms with Crippen molar-refractivity contribution in [2.45, 2.75) is 6.92 Å². The Hall–Kier alpha value is -1.38. The number of β-amino-alcohol motifs (C(OH)–C–C–N with tert-alkyl or cyclic N) is 1. The van der Waals surface area contributed by atoms with Crippen LogP contribution in [0, 0.1) is 0 Å². The van der Waals surface area contributed by atoms with Crippen LogP contribution in [0.4, 0.5) is 10.9 Å². The molecule has 0 bridgehead atoms. The molecule has 0 atom stereocenters. The molecule has 0 unspecified atom stereocenters. The molecule has 8 heteroatoms. The number of hydrogen-bond acceptors (Lipinski definition) is 7. The van der Waals surface area contributed by atoms with Gasteiger partial charge in [0, 0.05) is 39.3 Å². The van der Waals surface area contributed by atoms with E-state index in [1.165, 1.54) is 11.3 Å². The Balaban J connectivity index is 1.98. The van der Waals surface area contributed by atoms with Crippen LogP contribution in [0.15, 0.2) is 0 Å². The lowest BCUT2D eigenvalue weighted by atomic mass is 10.3. The molecule has 1 aromatic heterocycles. The van der Waals surface area contributed by atoms with Gasteiger partial charge in [0.1, 0.15) is 10.7 Å². The van der Waals surface area contributed by atoms with E-state index in [-0.39, 0.29) is 12.5 Å². The van der Waals surface area contributed by atoms with E-state index in [4.69, 9.17) is 10.8 Å². The summed E-state index contributed by atoms with van der Waals surface area (Å²) in [6.45, 7) is 6.42. The second kappa shape index (κ2) is 6.87. The van der Waals surface area contributed by atoms with E-state index in [0.717, 1.165) is 19.6 Å². The molecule has 112 valence electrons. The highest BCUT2D eigenvalue weighted by Crippen LogP contribution is 2.26. The molecule has 0 saturated carbocycles. The predicted molar refractivity (Wildman–Crippen MR) is 80.1 cm³/mol. The number of carbonyl (C=O) groups excluding carboxylic acids is 1. The van der Waals surface area contributed by atoms with Crippen molar-refractivity contribution in [2.24, 2.45) is 0 Å². The predicted octanol–water partition coefficient (Wildman–Crippen LogP) is -0.0928. The van der Waals surface area contributed by atoms with E-state index in [9.17, 15) is 4.79 Å². The van der Waals surface area contributed by atoms with Crippen LogP contribution in [-0.2, 0) is 0 Å². The molecule has 0 spiro atoms. The second-order valence-corrected chi connectivity index (χ2v) is 5.62. The number of amides is 1. The number of aliphatic hydroxyl groups excluding tert-OH is 1. The zero-order chi connectivity index (χ0) is 14.5. The first-order chi connectivity index (χ1) is 9.65. The number of hydrogen-bond donors (Lipinski definition) is 3. The number of rotatable bonds is 5. The van der Waals surface area contributed by atoms with Crippen LogP contribution in [0.2, 0.25) is 0 Å². The molecular weight excluding hydrogens is 278 g/mol. The molecule has 0 radical (unpaired) electrons. The van der Waals surface area contributed by atoms with Gasteiger partial charge in [0.25, 0.3) is 5.91 Å². The number of carbonyl (C=O) groups is 1. The van der Waals surface area contributed by atoms with Crippen LogP contribution >= 0.6 is 11.3 Å². The van der Waals surface area contributed by atoms with Crippen molar-refractivity contribution >= 4 is 28.2 Å². The largest absolute Gasteiger partial charge is 0.395 e. The average Bonchev–Trinajstić information content (AvgIpc) is 2.80. The molecule has 0 aliphatic carbocycles. The third-order valence-electron chi connectivity index (χ3n) is 3.25. The Morgan fingerprint density at radius 3 is 2.75 bits per heavy atom. The summed E-state index contributed by atoms with van der Waals surface area (Å²) in [6, 6.07) is 0. The van der Waals surface area contributed by atoms with Gasteiger partial charge < -0.3 is 21.1 Å². The number of nitrogens with one attached hydrogen (secondary N) is 1. The Labute approximate surface area is 122 Å². The average molecular weight is 299 g/mol. The third kappa shape index (κ3) is 3.38. The van der Waals surface area contributed by atoms with Gasteiger partial charge in [-0.05, 0) is 6.92 Å². The fraction of sp³-hybridized carbons (Fsp3) is 0.667. The zero-order valence-electron chi connectivity index (χ0n) is 11.6. The monoisotopic (exact) mass is 299 g/mol. The van der Waals surface area contributed by atoms with Crippen molar-refractivity contribution in [1.29, 1.82) is 0 Å². The molecule has 1 aliphatic heterocycles. The lowest BCUT2D eigenvalue weighted by molar-refractivity contribution is 0.0620. The zero-order valence-corrected chi connectivity index (χ0v) is 12.4. The van der Waals surface area contributed by atoms with Crippen molar-refractivity contribution in [1.82, 2.24) is 14.8 Å². The maximum atomic E-state index is 12.4. The van der Waals surface area contributed by atoms with E-state index >= 15 is 0 Å². The van der Waals surface area contributed by atoms with Gasteiger partial charge in [-0.1, -0.05) is 11.3 Å². The van der Waals surface area contributed by atoms with Crippen LogP contribution in [0.1, 0.15) is 16.6 Å². The molecule has 1 aliphatic rings. The molecule has 1 aromatic rings. The highest BCUT2D eigenvalue weighted by atomic mass is 32.1. The minimum atomic E-state index is -0.0483. The van der Waals surface area contributed by atoms with E-state index in [0.29, 0.717) is 35.5 Å². The van der Waals surface area contributed by atoms with Gasteiger partial charge in [-0.25, -0.2) is 4.98 Å².